The second-order valence-corrected chi connectivity index (χ2v) is 8.31. The Kier molecular flexibility index (Phi) is 8.98. The molecule has 0 radical (unpaired) electrons. The normalized spacial score (nSPS) is 10.5. The Morgan fingerprint density at radius 3 is 2.35 bits per heavy atom. The van der Waals surface area contributed by atoms with Crippen molar-refractivity contribution in [3.63, 3.8) is 0 Å². The van der Waals surface area contributed by atoms with Crippen LogP contribution in [0.15, 0.2) is 48.8 Å². The summed E-state index contributed by atoms with van der Waals surface area (Å²) < 4.78 is 16.5. The number of hydrogen-bond acceptors (Lipinski definition) is 6. The van der Waals surface area contributed by atoms with Gasteiger partial charge in [0, 0.05) is 35.9 Å². The molecule has 0 saturated carbocycles. The van der Waals surface area contributed by atoms with E-state index in [1.165, 1.54) is 32.7 Å². The molecule has 0 unspecified atom stereocenters. The van der Waals surface area contributed by atoms with Crippen LogP contribution in [0.5, 0.6) is 17.2 Å². The summed E-state index contributed by atoms with van der Waals surface area (Å²) >= 11 is 18.3. The molecule has 1 N–H and O–H groups in total. The number of nitrogens with one attached hydrogen (secondary N) is 1. The van der Waals surface area contributed by atoms with Gasteiger partial charge in [0.25, 0.3) is 5.91 Å². The third kappa shape index (κ3) is 6.32. The second-order valence-electron chi connectivity index (χ2n) is 7.05. The number of ether oxygens (including phenoxy) is 3. The van der Waals surface area contributed by atoms with E-state index in [4.69, 9.17) is 49.0 Å². The lowest BCUT2D eigenvalue weighted by atomic mass is 10.0. The van der Waals surface area contributed by atoms with Crippen LogP contribution >= 0.6 is 34.8 Å². The van der Waals surface area contributed by atoms with Crippen LogP contribution in [0, 0.1) is 0 Å². The van der Waals surface area contributed by atoms with Gasteiger partial charge in [-0.2, -0.15) is 0 Å². The molecule has 0 aliphatic rings. The molecule has 0 bridgehead atoms. The zero-order valence-electron chi connectivity index (χ0n) is 18.4. The van der Waals surface area contributed by atoms with Crippen molar-refractivity contribution in [2.24, 2.45) is 0 Å². The predicted molar refractivity (Wildman–Crippen MR) is 131 cm³/mol. The van der Waals surface area contributed by atoms with Crippen molar-refractivity contribution in [3.05, 3.63) is 80.6 Å². The molecule has 178 valence electrons. The van der Waals surface area contributed by atoms with Crippen molar-refractivity contribution in [2.45, 2.75) is 13.0 Å². The number of methoxy groups -OCH3 is 2. The molecule has 0 aliphatic carbocycles. The molecule has 3 aromatic rings. The van der Waals surface area contributed by atoms with Crippen LogP contribution in [0.3, 0.4) is 0 Å². The number of amides is 1. The number of aromatic nitrogens is 1. The van der Waals surface area contributed by atoms with Gasteiger partial charge in [0.1, 0.15) is 0 Å². The van der Waals surface area contributed by atoms with Crippen molar-refractivity contribution in [1.82, 2.24) is 10.3 Å². The van der Waals surface area contributed by atoms with E-state index in [2.05, 4.69) is 10.3 Å². The van der Waals surface area contributed by atoms with Crippen molar-refractivity contribution < 1.29 is 23.8 Å². The zero-order chi connectivity index (χ0) is 24.7. The molecule has 3 rings (SSSR count). The van der Waals surface area contributed by atoms with Gasteiger partial charge in [-0.05, 0) is 29.8 Å². The predicted octanol–water partition coefficient (Wildman–Crippen LogP) is 5.18. The van der Waals surface area contributed by atoms with E-state index in [0.717, 1.165) is 5.56 Å². The van der Waals surface area contributed by atoms with Gasteiger partial charge in [-0.3, -0.25) is 14.6 Å². The summed E-state index contributed by atoms with van der Waals surface area (Å²) in [6.45, 7) is -0.0933. The molecule has 0 saturated heterocycles. The van der Waals surface area contributed by atoms with E-state index in [1.807, 2.05) is 6.07 Å². The second kappa shape index (κ2) is 11.9. The topological polar surface area (TPSA) is 86.8 Å². The Bertz CT molecular complexity index is 1180. The van der Waals surface area contributed by atoms with E-state index >= 15 is 0 Å². The van der Waals surface area contributed by atoms with Crippen molar-refractivity contribution in [3.8, 4) is 17.2 Å². The fraction of sp³-hybridized carbons (Fsp3) is 0.208. The molecule has 0 atom stereocenters. The molecule has 0 fully saturated rings. The van der Waals surface area contributed by atoms with Gasteiger partial charge in [0.15, 0.2) is 23.9 Å². The van der Waals surface area contributed by atoms with Gasteiger partial charge in [-0.1, -0.05) is 46.9 Å². The summed E-state index contributed by atoms with van der Waals surface area (Å²) in [5, 5.41) is 3.85. The van der Waals surface area contributed by atoms with Gasteiger partial charge in [-0.25, -0.2) is 0 Å². The Morgan fingerprint density at radius 2 is 1.71 bits per heavy atom. The molecule has 2 aromatic carbocycles. The summed E-state index contributed by atoms with van der Waals surface area (Å²) in [5.74, 6) is -0.143. The molecular weight excluding hydrogens is 503 g/mol. The summed E-state index contributed by atoms with van der Waals surface area (Å²) in [4.78, 5) is 29.5. The molecule has 1 amide bonds. The van der Waals surface area contributed by atoms with Crippen LogP contribution in [0.1, 0.15) is 21.5 Å². The monoisotopic (exact) mass is 522 g/mol. The highest BCUT2D eigenvalue weighted by Crippen LogP contribution is 2.40. The third-order valence-corrected chi connectivity index (χ3v) is 5.70. The maximum Gasteiger partial charge on any atom is 0.258 e. The summed E-state index contributed by atoms with van der Waals surface area (Å²) in [6.07, 6.45) is 2.71. The van der Waals surface area contributed by atoms with E-state index in [-0.39, 0.29) is 52.5 Å². The van der Waals surface area contributed by atoms with Crippen LogP contribution in [0.25, 0.3) is 0 Å². The molecule has 1 aromatic heterocycles. The van der Waals surface area contributed by atoms with E-state index in [0.29, 0.717) is 16.3 Å². The largest absolute Gasteiger partial charge is 0.493 e. The first-order chi connectivity index (χ1) is 16.3. The number of rotatable bonds is 10. The van der Waals surface area contributed by atoms with Gasteiger partial charge < -0.3 is 19.5 Å². The van der Waals surface area contributed by atoms with Crippen LogP contribution in [0.4, 0.5) is 0 Å². The highest BCUT2D eigenvalue weighted by atomic mass is 35.5. The highest BCUT2D eigenvalue weighted by molar-refractivity contribution is 6.36. The number of hydrogen-bond donors (Lipinski definition) is 1. The van der Waals surface area contributed by atoms with Crippen molar-refractivity contribution in [1.29, 1.82) is 0 Å². The quantitative estimate of drug-likeness (QED) is 0.369. The van der Waals surface area contributed by atoms with Crippen LogP contribution in [-0.2, 0) is 17.8 Å². The summed E-state index contributed by atoms with van der Waals surface area (Å²) in [5.41, 5.74) is 1.45. The fourth-order valence-corrected chi connectivity index (χ4v) is 3.87. The maximum atomic E-state index is 13.2. The highest BCUT2D eigenvalue weighted by Gasteiger charge is 2.23. The number of carbonyl (C=O) groups is 2. The lowest BCUT2D eigenvalue weighted by Gasteiger charge is -2.17. The minimum Gasteiger partial charge on any atom is -0.493 e. The van der Waals surface area contributed by atoms with E-state index < -0.39 is 5.91 Å². The number of carbonyl (C=O) groups excluding carboxylic acids is 2. The first-order valence-corrected chi connectivity index (χ1v) is 11.2. The summed E-state index contributed by atoms with van der Waals surface area (Å²) in [6, 6.07) is 10.2. The minimum absolute atomic E-state index is 0.0751. The van der Waals surface area contributed by atoms with Crippen LogP contribution < -0.4 is 19.5 Å². The van der Waals surface area contributed by atoms with E-state index in [9.17, 15) is 9.59 Å². The fourth-order valence-electron chi connectivity index (χ4n) is 3.16. The third-order valence-electron chi connectivity index (χ3n) is 4.82. The van der Waals surface area contributed by atoms with Crippen LogP contribution in [0.2, 0.25) is 15.1 Å². The first kappa shape index (κ1) is 25.6. The average Bonchev–Trinajstić information content (AvgIpc) is 2.83. The number of ketones is 1. The lowest BCUT2D eigenvalue weighted by molar-refractivity contribution is -0.123. The van der Waals surface area contributed by atoms with Gasteiger partial charge >= 0.3 is 0 Å². The first-order valence-electron chi connectivity index (χ1n) is 10.0. The Labute approximate surface area is 211 Å². The number of nitrogens with zero attached hydrogens (tertiary/aromatic N) is 1. The standard InChI is InChI=1S/C24H21Cl3N2O5/c1-32-21-7-6-16(20(30)9-17-18(26)11-28-12-19(17)27)23(24(21)33-2)34-13-22(31)29-10-14-4-3-5-15(25)8-14/h3-8,11-12H,9-10,13H2,1-2H3,(H,29,31). The number of pyridine rings is 1. The SMILES string of the molecule is COc1ccc(C(=O)Cc2c(Cl)cncc2Cl)c(OCC(=O)NCc2cccc(Cl)c2)c1OC. The zero-order valence-corrected chi connectivity index (χ0v) is 20.6. The van der Waals surface area contributed by atoms with Gasteiger partial charge in [0.2, 0.25) is 5.75 Å². The Balaban J connectivity index is 1.80. The molecule has 34 heavy (non-hydrogen) atoms. The molecule has 0 aliphatic heterocycles. The molecule has 7 nitrogen and oxygen atoms in total. The van der Waals surface area contributed by atoms with Crippen molar-refractivity contribution in [2.75, 3.05) is 20.8 Å². The molecule has 1 heterocycles. The average molecular weight is 524 g/mol. The van der Waals surface area contributed by atoms with Gasteiger partial charge in [0.05, 0.1) is 29.8 Å². The number of Topliss-reactive ketones (excluding diaryl/α,β-unsaturated/α-hetero) is 1. The Morgan fingerprint density at radius 1 is 0.971 bits per heavy atom. The van der Waals surface area contributed by atoms with E-state index in [1.54, 1.807) is 24.3 Å². The maximum absolute atomic E-state index is 13.2. The molecular formula is C24H21Cl3N2O5. The smallest absolute Gasteiger partial charge is 0.258 e. The lowest BCUT2D eigenvalue weighted by Crippen LogP contribution is -2.28. The van der Waals surface area contributed by atoms with Crippen molar-refractivity contribution >= 4 is 46.5 Å². The van der Waals surface area contributed by atoms with Crippen LogP contribution in [-0.4, -0.2) is 37.5 Å². The number of halogens is 3. The van der Waals surface area contributed by atoms with Gasteiger partial charge in [-0.15, -0.1) is 0 Å². The molecule has 10 heteroatoms. The Hall–Kier alpha value is -3.00. The minimum atomic E-state index is -0.400. The number of benzene rings is 2. The summed E-state index contributed by atoms with van der Waals surface area (Å²) in [7, 11) is 2.87. The molecule has 0 spiro atoms.